The number of carbonyl (C=O) groups is 1. The minimum Gasteiger partial charge on any atom is -0.368 e. The summed E-state index contributed by atoms with van der Waals surface area (Å²) in [5, 5.41) is 5.15. The third-order valence-corrected chi connectivity index (χ3v) is 1.36. The molecule has 0 aliphatic rings. The molecule has 0 saturated carbocycles. The van der Waals surface area contributed by atoms with Gasteiger partial charge in [-0.25, -0.2) is 14.8 Å². The highest BCUT2D eigenvalue weighted by Gasteiger charge is 1.96. The summed E-state index contributed by atoms with van der Waals surface area (Å²) in [6, 6.07) is 0.560. The van der Waals surface area contributed by atoms with Crippen molar-refractivity contribution >= 4 is 11.8 Å². The van der Waals surface area contributed by atoms with Crippen molar-refractivity contribution in [3.63, 3.8) is 0 Å². The third-order valence-electron chi connectivity index (χ3n) is 1.36. The highest BCUT2D eigenvalue weighted by molar-refractivity contribution is 5.71. The number of hydrogen-bond donors (Lipinski definition) is 3. The first-order valence-electron chi connectivity index (χ1n) is 3.93. The zero-order valence-electron chi connectivity index (χ0n) is 7.33. The fourth-order valence-electron chi connectivity index (χ4n) is 0.807. The summed E-state index contributed by atoms with van der Waals surface area (Å²) < 4.78 is 12.5. The fourth-order valence-corrected chi connectivity index (χ4v) is 0.807. The second-order valence-electron chi connectivity index (χ2n) is 2.44. The molecule has 1 rings (SSSR count). The van der Waals surface area contributed by atoms with Crippen LogP contribution in [0.2, 0.25) is 0 Å². The number of nitrogens with zero attached hydrogens (tertiary/aromatic N) is 2. The molecule has 0 spiro atoms. The summed E-state index contributed by atoms with van der Waals surface area (Å²) in [6.45, 7) is 0.764. The van der Waals surface area contributed by atoms with E-state index in [1.54, 1.807) is 0 Å². The van der Waals surface area contributed by atoms with Gasteiger partial charge in [0.2, 0.25) is 5.95 Å². The number of halogens is 1. The van der Waals surface area contributed by atoms with Crippen molar-refractivity contribution in [1.82, 2.24) is 15.3 Å². The molecule has 1 heterocycles. The van der Waals surface area contributed by atoms with Crippen LogP contribution in [0.1, 0.15) is 0 Å². The lowest BCUT2D eigenvalue weighted by Crippen LogP contribution is -2.33. The van der Waals surface area contributed by atoms with Crippen molar-refractivity contribution in [3.05, 3.63) is 18.3 Å². The zero-order chi connectivity index (χ0) is 10.4. The molecule has 0 radical (unpaired) electrons. The Hall–Kier alpha value is -1.92. The number of hydrogen-bond acceptors (Lipinski definition) is 4. The van der Waals surface area contributed by atoms with Gasteiger partial charge in [-0.3, -0.25) is 0 Å². The quantitative estimate of drug-likeness (QED) is 0.458. The number of carbonyl (C=O) groups excluding carboxylic acids is 1. The van der Waals surface area contributed by atoms with Crippen LogP contribution < -0.4 is 16.4 Å². The Morgan fingerprint density at radius 1 is 1.50 bits per heavy atom. The van der Waals surface area contributed by atoms with Crippen molar-refractivity contribution in [3.8, 4) is 0 Å². The first-order valence-corrected chi connectivity index (χ1v) is 3.93. The van der Waals surface area contributed by atoms with Gasteiger partial charge in [-0.2, -0.15) is 4.39 Å². The van der Waals surface area contributed by atoms with Gasteiger partial charge in [-0.05, 0) is 0 Å². The Morgan fingerprint density at radius 2 is 2.29 bits per heavy atom. The predicted octanol–water partition coefficient (Wildman–Crippen LogP) is -0.304. The minimum atomic E-state index is -0.606. The number of aromatic nitrogens is 2. The predicted molar refractivity (Wildman–Crippen MR) is 48.1 cm³/mol. The molecular formula is C7H10FN5O. The summed E-state index contributed by atoms with van der Waals surface area (Å²) >= 11 is 0. The number of amides is 2. The Bertz CT molecular complexity index is 319. The number of primary amides is 1. The van der Waals surface area contributed by atoms with Gasteiger partial charge in [0.05, 0.1) is 0 Å². The Balaban J connectivity index is 2.28. The molecule has 7 heteroatoms. The van der Waals surface area contributed by atoms with E-state index < -0.39 is 12.0 Å². The number of nitrogens with one attached hydrogen (secondary N) is 2. The van der Waals surface area contributed by atoms with Crippen LogP contribution >= 0.6 is 0 Å². The maximum absolute atomic E-state index is 12.5. The summed E-state index contributed by atoms with van der Waals surface area (Å²) in [5.74, 6) is -0.242. The van der Waals surface area contributed by atoms with E-state index in [-0.39, 0.29) is 0 Å². The van der Waals surface area contributed by atoms with Crippen LogP contribution in [0.3, 0.4) is 0 Å². The lowest BCUT2D eigenvalue weighted by Gasteiger charge is -2.04. The number of nitrogens with two attached hydrogens (primary N) is 1. The second kappa shape index (κ2) is 4.95. The van der Waals surface area contributed by atoms with E-state index in [9.17, 15) is 9.18 Å². The number of anilines is 1. The van der Waals surface area contributed by atoms with Crippen LogP contribution in [0.4, 0.5) is 15.0 Å². The molecule has 14 heavy (non-hydrogen) atoms. The fraction of sp³-hybridized carbons (Fsp3) is 0.286. The standard InChI is InChI=1S/C7H10FN5O/c8-5-3-6(13-4-12-5)10-1-2-11-7(9)14/h3-4H,1-2H2,(H3,9,11,14)(H,10,12,13). The topological polar surface area (TPSA) is 92.9 Å². The molecule has 0 aliphatic carbocycles. The van der Waals surface area contributed by atoms with Crippen molar-refractivity contribution in [2.45, 2.75) is 0 Å². The summed E-state index contributed by atoms with van der Waals surface area (Å²) in [7, 11) is 0. The minimum absolute atomic E-state index is 0.348. The molecule has 0 fully saturated rings. The van der Waals surface area contributed by atoms with E-state index in [4.69, 9.17) is 5.73 Å². The third kappa shape index (κ3) is 3.65. The largest absolute Gasteiger partial charge is 0.368 e. The molecule has 4 N–H and O–H groups in total. The first kappa shape index (κ1) is 10.2. The molecule has 0 atom stereocenters. The average molecular weight is 199 g/mol. The normalized spacial score (nSPS) is 9.50. The molecule has 1 aromatic rings. The lowest BCUT2D eigenvalue weighted by molar-refractivity contribution is 0.249. The molecule has 0 unspecified atom stereocenters. The van der Waals surface area contributed by atoms with Crippen LogP contribution in [0, 0.1) is 5.95 Å². The highest BCUT2D eigenvalue weighted by Crippen LogP contribution is 2.00. The Morgan fingerprint density at radius 3 is 2.93 bits per heavy atom. The van der Waals surface area contributed by atoms with Crippen molar-refractivity contribution in [2.24, 2.45) is 5.73 Å². The number of urea groups is 1. The van der Waals surface area contributed by atoms with E-state index in [1.165, 1.54) is 0 Å². The van der Waals surface area contributed by atoms with Crippen LogP contribution in [0.25, 0.3) is 0 Å². The lowest BCUT2D eigenvalue weighted by atomic mass is 10.5. The van der Waals surface area contributed by atoms with E-state index in [0.29, 0.717) is 18.9 Å². The molecule has 6 nitrogen and oxygen atoms in total. The molecule has 0 bridgehead atoms. The van der Waals surface area contributed by atoms with Crippen LogP contribution in [-0.4, -0.2) is 29.1 Å². The molecule has 1 aromatic heterocycles. The molecule has 76 valence electrons. The maximum atomic E-state index is 12.5. The van der Waals surface area contributed by atoms with Crippen LogP contribution in [0.5, 0.6) is 0 Å². The maximum Gasteiger partial charge on any atom is 0.312 e. The number of rotatable bonds is 4. The van der Waals surface area contributed by atoms with Crippen molar-refractivity contribution < 1.29 is 9.18 Å². The van der Waals surface area contributed by atoms with Crippen LogP contribution in [0.15, 0.2) is 12.4 Å². The van der Waals surface area contributed by atoms with Crippen molar-refractivity contribution in [2.75, 3.05) is 18.4 Å². The smallest absolute Gasteiger partial charge is 0.312 e. The van der Waals surface area contributed by atoms with Gasteiger partial charge in [-0.15, -0.1) is 0 Å². The van der Waals surface area contributed by atoms with Gasteiger partial charge in [0.25, 0.3) is 0 Å². The van der Waals surface area contributed by atoms with E-state index in [2.05, 4.69) is 20.6 Å². The monoisotopic (exact) mass is 199 g/mol. The van der Waals surface area contributed by atoms with Crippen LogP contribution in [-0.2, 0) is 0 Å². The molecule has 0 saturated heterocycles. The molecule has 0 aliphatic heterocycles. The van der Waals surface area contributed by atoms with Gasteiger partial charge >= 0.3 is 6.03 Å². The highest BCUT2D eigenvalue weighted by atomic mass is 19.1. The first-order chi connectivity index (χ1) is 6.68. The van der Waals surface area contributed by atoms with Gasteiger partial charge in [0, 0.05) is 19.2 Å². The summed E-state index contributed by atoms with van der Waals surface area (Å²) in [5.41, 5.74) is 4.83. The van der Waals surface area contributed by atoms with E-state index in [0.717, 1.165) is 12.4 Å². The van der Waals surface area contributed by atoms with Gasteiger partial charge < -0.3 is 16.4 Å². The van der Waals surface area contributed by atoms with E-state index in [1.807, 2.05) is 0 Å². The molecule has 0 aromatic carbocycles. The second-order valence-corrected chi connectivity index (χ2v) is 2.44. The average Bonchev–Trinajstić information content (AvgIpc) is 2.12. The van der Waals surface area contributed by atoms with E-state index >= 15 is 0 Å². The zero-order valence-corrected chi connectivity index (χ0v) is 7.33. The molecular weight excluding hydrogens is 189 g/mol. The van der Waals surface area contributed by atoms with Crippen molar-refractivity contribution in [1.29, 1.82) is 0 Å². The Labute approximate surface area is 79.7 Å². The summed E-state index contributed by atoms with van der Waals surface area (Å²) in [6.07, 6.45) is 1.11. The Kier molecular flexibility index (Phi) is 3.59. The SMILES string of the molecule is NC(=O)NCCNc1cc(F)ncn1. The van der Waals surface area contributed by atoms with Gasteiger partial charge in [-0.1, -0.05) is 0 Å². The summed E-state index contributed by atoms with van der Waals surface area (Å²) in [4.78, 5) is 17.3. The van der Waals surface area contributed by atoms with Gasteiger partial charge in [0.15, 0.2) is 0 Å². The van der Waals surface area contributed by atoms with Gasteiger partial charge in [0.1, 0.15) is 12.1 Å². The molecule has 2 amide bonds.